The molecule has 0 unspecified atom stereocenters. The largest absolute Gasteiger partial charge is 0.384 e. The maximum atomic E-state index is 14.8. The van der Waals surface area contributed by atoms with E-state index in [-0.39, 0.29) is 67.5 Å². The molecule has 3 heterocycles. The number of benzene rings is 1. The molecule has 4 aliphatic rings. The van der Waals surface area contributed by atoms with E-state index in [1.165, 1.54) is 40.0 Å². The number of Topliss-reactive ketones (excluding diaryl/α,β-unsaturated/α-hetero) is 1. The molecule has 2 saturated carbocycles. The normalized spacial score (nSPS) is 22.7. The summed E-state index contributed by atoms with van der Waals surface area (Å²) in [5.74, 6) is -4.21. The molecule has 0 bridgehead atoms. The summed E-state index contributed by atoms with van der Waals surface area (Å²) in [6.07, 6.45) is 9.12. The Kier molecular flexibility index (Phi) is 12.0. The Hall–Kier alpha value is -4.35. The molecular formula is C38H51N7O9S. The van der Waals surface area contributed by atoms with Crippen molar-refractivity contribution in [3.63, 3.8) is 0 Å². The summed E-state index contributed by atoms with van der Waals surface area (Å²) >= 11 is 0. The lowest BCUT2D eigenvalue weighted by molar-refractivity contribution is -0.146. The van der Waals surface area contributed by atoms with Gasteiger partial charge in [-0.3, -0.25) is 24.0 Å². The van der Waals surface area contributed by atoms with Crippen molar-refractivity contribution < 1.29 is 42.2 Å². The summed E-state index contributed by atoms with van der Waals surface area (Å²) in [4.78, 5) is 74.0. The van der Waals surface area contributed by atoms with Crippen LogP contribution in [0.3, 0.4) is 0 Å². The number of aromatic nitrogens is 3. The smallest absolute Gasteiger partial charge is 0.287 e. The predicted octanol–water partition coefficient (Wildman–Crippen LogP) is 2.34. The lowest BCUT2D eigenvalue weighted by atomic mass is 9.84. The van der Waals surface area contributed by atoms with Crippen LogP contribution in [0.4, 0.5) is 0 Å². The van der Waals surface area contributed by atoms with Gasteiger partial charge in [0.25, 0.3) is 17.7 Å². The summed E-state index contributed by atoms with van der Waals surface area (Å²) in [7, 11) is -3.55. The lowest BCUT2D eigenvalue weighted by Crippen LogP contribution is -2.63. The zero-order valence-electron chi connectivity index (χ0n) is 31.4. The summed E-state index contributed by atoms with van der Waals surface area (Å²) in [6, 6.07) is 3.77. The highest BCUT2D eigenvalue weighted by Gasteiger charge is 2.49. The van der Waals surface area contributed by atoms with Gasteiger partial charge >= 0.3 is 0 Å². The number of aliphatic imine (C=N–C) groups is 1. The van der Waals surface area contributed by atoms with Crippen LogP contribution in [0.1, 0.15) is 119 Å². The van der Waals surface area contributed by atoms with Gasteiger partial charge in [0.15, 0.2) is 9.84 Å². The number of ketones is 1. The molecule has 2 aliphatic carbocycles. The number of hydrogen-bond acceptors (Lipinski definition) is 11. The van der Waals surface area contributed by atoms with E-state index in [2.05, 4.69) is 20.6 Å². The highest BCUT2D eigenvalue weighted by Crippen LogP contribution is 2.34. The van der Waals surface area contributed by atoms with Gasteiger partial charge in [0.2, 0.25) is 11.7 Å². The van der Waals surface area contributed by atoms with Crippen molar-refractivity contribution in [2.75, 3.05) is 19.8 Å². The van der Waals surface area contributed by atoms with E-state index in [0.717, 1.165) is 44.9 Å². The fourth-order valence-corrected chi connectivity index (χ4v) is 10.3. The number of ether oxygens (including phenoxy) is 1. The van der Waals surface area contributed by atoms with Gasteiger partial charge in [-0.25, -0.2) is 18.1 Å². The van der Waals surface area contributed by atoms with Crippen LogP contribution in [0.25, 0.3) is 0 Å². The monoisotopic (exact) mass is 781 g/mol. The van der Waals surface area contributed by atoms with Crippen LogP contribution >= 0.6 is 0 Å². The van der Waals surface area contributed by atoms with Crippen molar-refractivity contribution in [2.24, 2.45) is 16.6 Å². The molecule has 4 amide bonds. The fourth-order valence-electron chi connectivity index (χ4n) is 8.48. The molecule has 0 radical (unpaired) electrons. The second kappa shape index (κ2) is 16.4. The number of nitrogens with one attached hydrogen (secondary N) is 1. The first-order chi connectivity index (χ1) is 26.1. The third kappa shape index (κ3) is 8.73. The van der Waals surface area contributed by atoms with Crippen molar-refractivity contribution in [3.05, 3.63) is 41.7 Å². The van der Waals surface area contributed by atoms with E-state index in [9.17, 15) is 37.5 Å². The van der Waals surface area contributed by atoms with Gasteiger partial charge in [-0.05, 0) is 63.3 Å². The molecule has 2 saturated heterocycles. The van der Waals surface area contributed by atoms with E-state index in [1.807, 2.05) is 0 Å². The van der Waals surface area contributed by atoms with E-state index >= 15 is 0 Å². The molecule has 1 aromatic carbocycles. The average Bonchev–Trinajstić information content (AvgIpc) is 3.97. The first-order valence-corrected chi connectivity index (χ1v) is 20.8. The minimum absolute atomic E-state index is 0.000170. The number of aliphatic hydroxyl groups is 1. The third-order valence-electron chi connectivity index (χ3n) is 11.6. The molecule has 17 heteroatoms. The van der Waals surface area contributed by atoms with Crippen LogP contribution in [-0.2, 0) is 39.4 Å². The van der Waals surface area contributed by atoms with E-state index < -0.39 is 67.7 Å². The predicted molar refractivity (Wildman–Crippen MR) is 198 cm³/mol. The first kappa shape index (κ1) is 40.3. The van der Waals surface area contributed by atoms with Gasteiger partial charge in [0.05, 0.1) is 28.1 Å². The van der Waals surface area contributed by atoms with E-state index in [4.69, 9.17) is 10.5 Å². The van der Waals surface area contributed by atoms with Gasteiger partial charge in [-0.1, -0.05) is 50.2 Å². The SMILES string of the molecule is CC(C)(O)c1cnnn1[C@H]1C[C@@H](C(=O)NC2(C(=O)C(N)=O)CCOCC2)N(C(=O)/C(CC2CCCCC2)=N/C(=O)c2ccc(S(=O)(=O)C3CCCC3)cc2)C1. The minimum atomic E-state index is -3.55. The van der Waals surface area contributed by atoms with Crippen molar-refractivity contribution in [1.29, 1.82) is 0 Å². The number of nitrogens with two attached hydrogens (primary N) is 1. The Morgan fingerprint density at radius 2 is 1.64 bits per heavy atom. The Morgan fingerprint density at radius 3 is 2.25 bits per heavy atom. The molecule has 298 valence electrons. The molecule has 2 aliphatic heterocycles. The zero-order valence-corrected chi connectivity index (χ0v) is 32.3. The van der Waals surface area contributed by atoms with Crippen molar-refractivity contribution in [3.8, 4) is 0 Å². The van der Waals surface area contributed by atoms with Crippen LogP contribution in [0.2, 0.25) is 0 Å². The third-order valence-corrected chi connectivity index (χ3v) is 13.9. The molecule has 2 atom stereocenters. The van der Waals surface area contributed by atoms with Gasteiger partial charge in [-0.2, -0.15) is 0 Å². The zero-order chi connectivity index (χ0) is 39.5. The number of amides is 4. The quantitative estimate of drug-likeness (QED) is 0.209. The number of likely N-dealkylation sites (tertiary alicyclic amines) is 1. The van der Waals surface area contributed by atoms with Crippen LogP contribution in [0.5, 0.6) is 0 Å². The number of carbonyl (C=O) groups excluding carboxylic acids is 5. The molecule has 4 N–H and O–H groups in total. The highest BCUT2D eigenvalue weighted by atomic mass is 32.2. The molecule has 6 rings (SSSR count). The van der Waals surface area contributed by atoms with Gasteiger partial charge in [-0.15, -0.1) is 5.10 Å². The fraction of sp³-hybridized carbons (Fsp3) is 0.632. The first-order valence-electron chi connectivity index (χ1n) is 19.2. The second-order valence-electron chi connectivity index (χ2n) is 15.9. The van der Waals surface area contributed by atoms with E-state index in [0.29, 0.717) is 18.5 Å². The lowest BCUT2D eigenvalue weighted by Gasteiger charge is -2.37. The number of rotatable bonds is 12. The number of sulfone groups is 1. The van der Waals surface area contributed by atoms with Gasteiger partial charge in [0.1, 0.15) is 22.9 Å². The second-order valence-corrected chi connectivity index (χ2v) is 18.1. The van der Waals surface area contributed by atoms with Crippen LogP contribution in [0, 0.1) is 5.92 Å². The van der Waals surface area contributed by atoms with Crippen molar-refractivity contribution >= 4 is 45.0 Å². The summed E-state index contributed by atoms with van der Waals surface area (Å²) < 4.78 is 33.2. The Labute approximate surface area is 320 Å². The van der Waals surface area contributed by atoms with Crippen LogP contribution in [0.15, 0.2) is 40.4 Å². The topological polar surface area (TPSA) is 233 Å². The Morgan fingerprint density at radius 1 is 1.00 bits per heavy atom. The van der Waals surface area contributed by atoms with Crippen LogP contribution in [-0.4, -0.2) is 105 Å². The Bertz CT molecular complexity index is 1920. The highest BCUT2D eigenvalue weighted by molar-refractivity contribution is 7.92. The van der Waals surface area contributed by atoms with Gasteiger partial charge < -0.3 is 25.8 Å². The minimum Gasteiger partial charge on any atom is -0.384 e. The van der Waals surface area contributed by atoms with Crippen molar-refractivity contribution in [1.82, 2.24) is 25.2 Å². The molecule has 0 spiro atoms. The molecule has 2 aromatic rings. The van der Waals surface area contributed by atoms with Gasteiger partial charge in [0, 0.05) is 44.6 Å². The summed E-state index contributed by atoms with van der Waals surface area (Å²) in [6.45, 7) is 3.24. The van der Waals surface area contributed by atoms with Crippen LogP contribution < -0.4 is 11.1 Å². The average molecular weight is 782 g/mol. The van der Waals surface area contributed by atoms with E-state index in [1.54, 1.807) is 13.8 Å². The maximum absolute atomic E-state index is 14.8. The molecule has 55 heavy (non-hydrogen) atoms. The van der Waals surface area contributed by atoms with Crippen molar-refractivity contribution in [2.45, 2.75) is 131 Å². The molecule has 16 nitrogen and oxygen atoms in total. The number of nitrogens with zero attached hydrogens (tertiary/aromatic N) is 5. The Balaban J connectivity index is 1.34. The standard InChI is InChI=1S/C38H51N7O9S/c1-37(2,51)31-22-40-43-45(31)26-21-30(35(49)42-38(32(46)33(39)47)16-18-54-19-17-38)44(23-26)36(50)29(20-24-8-4-3-5-9-24)41-34(48)25-12-14-28(15-13-25)55(52,53)27-10-6-7-11-27/h12-15,22,24,26-27,30,51H,3-11,16-21,23H2,1-2H3,(H2,39,47)(H,42,49)/b41-29+/t26-,30-/m0/s1. The number of hydrogen-bond donors (Lipinski definition) is 3. The molecule has 4 fully saturated rings. The molecular weight excluding hydrogens is 731 g/mol. The summed E-state index contributed by atoms with van der Waals surface area (Å²) in [5, 5.41) is 21.4. The maximum Gasteiger partial charge on any atom is 0.287 e. The molecule has 1 aromatic heterocycles. The number of carbonyl (C=O) groups is 5. The summed E-state index contributed by atoms with van der Waals surface area (Å²) in [5.41, 5.74) is 2.82. The number of primary amides is 1.